The summed E-state index contributed by atoms with van der Waals surface area (Å²) < 4.78 is 5.65. The molecule has 108 valence electrons. The first kappa shape index (κ1) is 17.6. The Morgan fingerprint density at radius 3 is 2.11 bits per heavy atom. The van der Waals surface area contributed by atoms with Crippen LogP contribution in [0.15, 0.2) is 0 Å². The summed E-state index contributed by atoms with van der Waals surface area (Å²) in [6.07, 6.45) is 0.755. The number of rotatable bonds is 8. The molecule has 1 N–H and O–H groups in total. The van der Waals surface area contributed by atoms with Gasteiger partial charge in [0, 0.05) is 18.6 Å². The molecule has 0 unspecified atom stereocenters. The minimum absolute atomic E-state index is 0.0730. The third kappa shape index (κ3) is 8.65. The molecule has 0 aliphatic carbocycles. The minimum atomic E-state index is -0.0787. The molecule has 0 aromatic heterocycles. The van der Waals surface area contributed by atoms with Gasteiger partial charge in [0.1, 0.15) is 0 Å². The summed E-state index contributed by atoms with van der Waals surface area (Å²) in [5, 5.41) is 3.33. The smallest absolute Gasteiger partial charge is 0.152 e. The lowest BCUT2D eigenvalue weighted by Crippen LogP contribution is -2.43. The lowest BCUT2D eigenvalue weighted by molar-refractivity contribution is -0.124. The van der Waals surface area contributed by atoms with Gasteiger partial charge in [-0.25, -0.2) is 0 Å². The van der Waals surface area contributed by atoms with Crippen LogP contribution in [0.2, 0.25) is 0 Å². The molecule has 1 atom stereocenters. The van der Waals surface area contributed by atoms with E-state index in [4.69, 9.17) is 4.74 Å². The second kappa shape index (κ2) is 7.90. The Bertz CT molecular complexity index is 241. The zero-order valence-corrected chi connectivity index (χ0v) is 13.2. The molecule has 0 heterocycles. The van der Waals surface area contributed by atoms with E-state index in [1.54, 1.807) is 0 Å². The van der Waals surface area contributed by atoms with E-state index in [9.17, 15) is 4.79 Å². The molecule has 0 rings (SSSR count). The van der Waals surface area contributed by atoms with Gasteiger partial charge in [0.2, 0.25) is 0 Å². The van der Waals surface area contributed by atoms with Crippen LogP contribution in [0.4, 0.5) is 0 Å². The Balaban J connectivity index is 4.14. The van der Waals surface area contributed by atoms with E-state index < -0.39 is 0 Å². The van der Waals surface area contributed by atoms with Crippen LogP contribution in [0, 0.1) is 11.3 Å². The standard InChI is InChI=1S/C15H31NO2/c1-11(2)14(17)13(16-12(3)4)8-9-18-10-15(5,6)7/h11-13,16H,8-10H2,1-7H3/t13-/m0/s1. The molecule has 0 aromatic rings. The van der Waals surface area contributed by atoms with Crippen molar-refractivity contribution in [3.05, 3.63) is 0 Å². The fraction of sp³-hybridized carbons (Fsp3) is 0.933. The van der Waals surface area contributed by atoms with Crippen LogP contribution < -0.4 is 5.32 Å². The maximum Gasteiger partial charge on any atom is 0.152 e. The van der Waals surface area contributed by atoms with Crippen molar-refractivity contribution in [2.45, 2.75) is 67.0 Å². The van der Waals surface area contributed by atoms with Gasteiger partial charge in [-0.2, -0.15) is 0 Å². The number of carbonyl (C=O) groups excluding carboxylic acids is 1. The summed E-state index contributed by atoms with van der Waals surface area (Å²) >= 11 is 0. The molecule has 0 aliphatic rings. The van der Waals surface area contributed by atoms with Gasteiger partial charge in [0.25, 0.3) is 0 Å². The Morgan fingerprint density at radius 1 is 1.17 bits per heavy atom. The van der Waals surface area contributed by atoms with E-state index in [1.165, 1.54) is 0 Å². The highest BCUT2D eigenvalue weighted by molar-refractivity contribution is 5.85. The highest BCUT2D eigenvalue weighted by atomic mass is 16.5. The largest absolute Gasteiger partial charge is 0.381 e. The van der Waals surface area contributed by atoms with E-state index in [2.05, 4.69) is 39.9 Å². The van der Waals surface area contributed by atoms with Gasteiger partial charge in [-0.05, 0) is 11.8 Å². The molecule has 0 saturated heterocycles. The van der Waals surface area contributed by atoms with E-state index in [0.29, 0.717) is 12.6 Å². The highest BCUT2D eigenvalue weighted by Crippen LogP contribution is 2.13. The lowest BCUT2D eigenvalue weighted by Gasteiger charge is -2.23. The van der Waals surface area contributed by atoms with E-state index in [1.807, 2.05) is 13.8 Å². The fourth-order valence-corrected chi connectivity index (χ4v) is 1.69. The second-order valence-electron chi connectivity index (χ2n) is 6.83. The number of ketones is 1. The van der Waals surface area contributed by atoms with E-state index >= 15 is 0 Å². The topological polar surface area (TPSA) is 38.3 Å². The third-order valence-corrected chi connectivity index (χ3v) is 2.53. The summed E-state index contributed by atoms with van der Waals surface area (Å²) in [5.74, 6) is 0.354. The van der Waals surface area contributed by atoms with E-state index in [-0.39, 0.29) is 23.2 Å². The molecular weight excluding hydrogens is 226 g/mol. The maximum absolute atomic E-state index is 12.1. The molecule has 3 heteroatoms. The Kier molecular flexibility index (Phi) is 7.72. The van der Waals surface area contributed by atoms with Crippen molar-refractivity contribution in [2.24, 2.45) is 11.3 Å². The first-order valence-electron chi connectivity index (χ1n) is 7.01. The van der Waals surface area contributed by atoms with Crippen molar-refractivity contribution in [1.82, 2.24) is 5.32 Å². The fourth-order valence-electron chi connectivity index (χ4n) is 1.69. The van der Waals surface area contributed by atoms with Gasteiger partial charge >= 0.3 is 0 Å². The molecule has 0 spiro atoms. The molecular formula is C15H31NO2. The second-order valence-corrected chi connectivity index (χ2v) is 6.83. The van der Waals surface area contributed by atoms with Crippen molar-refractivity contribution in [2.75, 3.05) is 13.2 Å². The van der Waals surface area contributed by atoms with Crippen molar-refractivity contribution < 1.29 is 9.53 Å². The zero-order valence-electron chi connectivity index (χ0n) is 13.2. The first-order chi connectivity index (χ1) is 8.13. The van der Waals surface area contributed by atoms with Crippen LogP contribution in [0.5, 0.6) is 0 Å². The van der Waals surface area contributed by atoms with Gasteiger partial charge < -0.3 is 10.1 Å². The maximum atomic E-state index is 12.1. The van der Waals surface area contributed by atoms with Crippen molar-refractivity contribution >= 4 is 5.78 Å². The number of hydrogen-bond acceptors (Lipinski definition) is 3. The van der Waals surface area contributed by atoms with Gasteiger partial charge in [-0.15, -0.1) is 0 Å². The molecule has 0 fully saturated rings. The Hall–Kier alpha value is -0.410. The van der Waals surface area contributed by atoms with Gasteiger partial charge in [-0.3, -0.25) is 4.79 Å². The molecule has 18 heavy (non-hydrogen) atoms. The molecule has 0 amide bonds. The van der Waals surface area contributed by atoms with Gasteiger partial charge in [-0.1, -0.05) is 48.5 Å². The first-order valence-corrected chi connectivity index (χ1v) is 7.01. The van der Waals surface area contributed by atoms with Crippen LogP contribution in [-0.2, 0) is 9.53 Å². The summed E-state index contributed by atoms with van der Waals surface area (Å²) in [6, 6.07) is 0.241. The van der Waals surface area contributed by atoms with Crippen LogP contribution in [0.25, 0.3) is 0 Å². The minimum Gasteiger partial charge on any atom is -0.381 e. The van der Waals surface area contributed by atoms with E-state index in [0.717, 1.165) is 13.0 Å². The average Bonchev–Trinajstić information content (AvgIpc) is 2.19. The predicted molar refractivity (Wildman–Crippen MR) is 76.8 cm³/mol. The summed E-state index contributed by atoms with van der Waals surface area (Å²) in [5.41, 5.74) is 0.184. The van der Waals surface area contributed by atoms with Crippen LogP contribution in [0.3, 0.4) is 0 Å². The number of hydrogen-bond donors (Lipinski definition) is 1. The quantitative estimate of drug-likeness (QED) is 0.679. The monoisotopic (exact) mass is 257 g/mol. The number of nitrogens with one attached hydrogen (secondary N) is 1. The SMILES string of the molecule is CC(C)N[C@@H](CCOCC(C)(C)C)C(=O)C(C)C. The van der Waals surface area contributed by atoms with Gasteiger partial charge in [0.05, 0.1) is 12.6 Å². The Morgan fingerprint density at radius 2 is 1.72 bits per heavy atom. The number of carbonyl (C=O) groups is 1. The highest BCUT2D eigenvalue weighted by Gasteiger charge is 2.21. The molecule has 0 bridgehead atoms. The van der Waals surface area contributed by atoms with Crippen molar-refractivity contribution in [3.63, 3.8) is 0 Å². The molecule has 0 aromatic carbocycles. The van der Waals surface area contributed by atoms with Crippen LogP contribution in [0.1, 0.15) is 54.9 Å². The molecule has 3 nitrogen and oxygen atoms in total. The van der Waals surface area contributed by atoms with Crippen molar-refractivity contribution in [1.29, 1.82) is 0 Å². The molecule has 0 radical (unpaired) electrons. The lowest BCUT2D eigenvalue weighted by atomic mass is 9.98. The Labute approximate surface area is 113 Å². The number of Topliss-reactive ketones (excluding diaryl/α,β-unsaturated/α-hetero) is 1. The predicted octanol–water partition coefficient (Wildman–Crippen LogP) is 3.03. The summed E-state index contributed by atoms with van der Waals surface area (Å²) in [4.78, 5) is 12.1. The zero-order chi connectivity index (χ0) is 14.3. The molecule has 0 aliphatic heterocycles. The third-order valence-electron chi connectivity index (χ3n) is 2.53. The molecule has 0 saturated carbocycles. The average molecular weight is 257 g/mol. The normalized spacial score (nSPS) is 14.3. The van der Waals surface area contributed by atoms with Crippen LogP contribution in [-0.4, -0.2) is 31.1 Å². The van der Waals surface area contributed by atoms with Gasteiger partial charge in [0.15, 0.2) is 5.78 Å². The number of ether oxygens (including phenoxy) is 1. The van der Waals surface area contributed by atoms with Crippen molar-refractivity contribution in [3.8, 4) is 0 Å². The summed E-state index contributed by atoms with van der Waals surface area (Å²) in [6.45, 7) is 15.9. The van der Waals surface area contributed by atoms with Crippen LogP contribution >= 0.6 is 0 Å². The summed E-state index contributed by atoms with van der Waals surface area (Å²) in [7, 11) is 0.